The summed E-state index contributed by atoms with van der Waals surface area (Å²) in [5.74, 6) is 1.82. The number of aromatic amines is 1. The van der Waals surface area contributed by atoms with E-state index in [4.69, 9.17) is 10.5 Å². The molecule has 0 saturated heterocycles. The molecule has 5 aliphatic rings. The van der Waals surface area contributed by atoms with Crippen molar-refractivity contribution in [3.63, 3.8) is 0 Å². The molecule has 5 aliphatic carbocycles. The lowest BCUT2D eigenvalue weighted by Gasteiger charge is -2.71. The first-order valence-electron chi connectivity index (χ1n) is 23.1. The third-order valence-electron chi connectivity index (χ3n) is 18.8. The van der Waals surface area contributed by atoms with E-state index < -0.39 is 13.7 Å². The van der Waals surface area contributed by atoms with Crippen LogP contribution < -0.4 is 5.73 Å². The van der Waals surface area contributed by atoms with Gasteiger partial charge in [0.1, 0.15) is 12.4 Å². The van der Waals surface area contributed by atoms with Crippen molar-refractivity contribution in [1.29, 1.82) is 0 Å². The number of benzene rings is 1. The van der Waals surface area contributed by atoms with Gasteiger partial charge < -0.3 is 14.7 Å². The minimum absolute atomic E-state index is 0.0329. The first kappa shape index (κ1) is 41.7. The Bertz CT molecular complexity index is 2070. The number of anilines is 1. The average Bonchev–Trinajstić information content (AvgIpc) is 3.78. The minimum Gasteiger partial charge on any atom is -0.460 e. The Morgan fingerprint density at radius 2 is 1.55 bits per heavy atom. The molecule has 7 atom stereocenters. The van der Waals surface area contributed by atoms with Gasteiger partial charge in [0, 0.05) is 22.9 Å². The van der Waals surface area contributed by atoms with Gasteiger partial charge in [0.2, 0.25) is 0 Å². The van der Waals surface area contributed by atoms with Crippen LogP contribution in [0.3, 0.4) is 0 Å². The zero-order valence-electron chi connectivity index (χ0n) is 38.4. The lowest BCUT2D eigenvalue weighted by atomic mass is 9.33. The van der Waals surface area contributed by atoms with Gasteiger partial charge in [0.15, 0.2) is 8.24 Å². The molecule has 3 aromatic rings. The minimum atomic E-state index is -2.00. The quantitative estimate of drug-likeness (QED) is 0.175. The summed E-state index contributed by atoms with van der Waals surface area (Å²) in [4.78, 5) is 15.1. The summed E-state index contributed by atoms with van der Waals surface area (Å²) in [6.45, 7) is 33.0. The van der Waals surface area contributed by atoms with Crippen LogP contribution in [-0.2, 0) is 28.0 Å². The molecule has 3 fully saturated rings. The van der Waals surface area contributed by atoms with E-state index in [1.165, 1.54) is 29.7 Å². The lowest BCUT2D eigenvalue weighted by Crippen LogP contribution is -2.65. The van der Waals surface area contributed by atoms with Crippen LogP contribution in [0.4, 0.5) is 5.82 Å². The Kier molecular flexibility index (Phi) is 9.86. The molecule has 2 aromatic heterocycles. The number of nitrogens with one attached hydrogen (secondary N) is 1. The van der Waals surface area contributed by atoms with Crippen molar-refractivity contribution in [1.82, 2.24) is 14.4 Å². The smallest absolute Gasteiger partial charge is 0.313 e. The Morgan fingerprint density at radius 1 is 0.897 bits per heavy atom. The van der Waals surface area contributed by atoms with E-state index in [1.807, 2.05) is 18.2 Å². The molecule has 3 saturated carbocycles. The normalized spacial score (nSPS) is 34.0. The molecule has 0 spiro atoms. The number of nitrogens with zero attached hydrogens (tertiary/aromatic N) is 2. The highest BCUT2D eigenvalue weighted by Gasteiger charge is 2.70. The second kappa shape index (κ2) is 13.7. The molecule has 6 nitrogen and oxygen atoms in total. The van der Waals surface area contributed by atoms with E-state index in [0.717, 1.165) is 50.5 Å². The Labute approximate surface area is 352 Å². The Morgan fingerprint density at radius 3 is 2.21 bits per heavy atom. The van der Waals surface area contributed by atoms with Crippen molar-refractivity contribution in [2.24, 2.45) is 44.8 Å². The number of aromatic nitrogens is 3. The standard InChI is InChI=1S/C51H76N4O2Si/c1-32(2)58(33(3)4,34(5)6)55-26-20-36(30-55)37-27-41-48(11)28-38-43(53-54-44(38)52)47(9,10)40(48)19-21-49(41,12)50(13)23-25-51(24-22-46(7,8)29-39(51)42(37)50)45(56)57-31-35-17-15-14-16-18-35/h14-18,20,26,30,32-34,39-41H,19,21-25,27-29,31H2,1-13H3,(H3,52,53,54)/t39-,40-,41?,48-,49+,50+,51-/m0/s1. The van der Waals surface area contributed by atoms with Crippen molar-refractivity contribution in [2.75, 3.05) is 5.73 Å². The van der Waals surface area contributed by atoms with Crippen LogP contribution in [0.25, 0.3) is 5.57 Å². The van der Waals surface area contributed by atoms with Crippen LogP contribution in [-0.4, -0.2) is 28.6 Å². The molecular formula is C51H76N4O2Si. The number of H-pyrrole nitrogens is 1. The van der Waals surface area contributed by atoms with Gasteiger partial charge >= 0.3 is 5.97 Å². The van der Waals surface area contributed by atoms with Crippen LogP contribution in [0.2, 0.25) is 16.6 Å². The molecule has 1 unspecified atom stereocenters. The number of esters is 1. The maximum absolute atomic E-state index is 15.1. The summed E-state index contributed by atoms with van der Waals surface area (Å²) < 4.78 is 9.23. The van der Waals surface area contributed by atoms with Crippen molar-refractivity contribution < 1.29 is 9.53 Å². The fourth-order valence-electron chi connectivity index (χ4n) is 16.0. The molecule has 316 valence electrons. The number of carbonyl (C=O) groups is 1. The number of nitrogen functional groups attached to an aromatic ring is 1. The van der Waals surface area contributed by atoms with E-state index in [1.54, 1.807) is 11.1 Å². The predicted molar refractivity (Wildman–Crippen MR) is 242 cm³/mol. The zero-order valence-corrected chi connectivity index (χ0v) is 39.4. The van der Waals surface area contributed by atoms with Gasteiger partial charge in [-0.05, 0) is 143 Å². The van der Waals surface area contributed by atoms with E-state index in [9.17, 15) is 0 Å². The third kappa shape index (κ3) is 5.65. The van der Waals surface area contributed by atoms with Gasteiger partial charge in [-0.3, -0.25) is 9.89 Å². The predicted octanol–water partition coefficient (Wildman–Crippen LogP) is 12.9. The number of hydrogen-bond donors (Lipinski definition) is 2. The van der Waals surface area contributed by atoms with E-state index >= 15 is 4.79 Å². The fourth-order valence-corrected chi connectivity index (χ4v) is 22.5. The van der Waals surface area contributed by atoms with Gasteiger partial charge in [0.25, 0.3) is 0 Å². The van der Waals surface area contributed by atoms with E-state index in [-0.39, 0.29) is 39.0 Å². The maximum Gasteiger partial charge on any atom is 0.313 e. The highest BCUT2D eigenvalue weighted by molar-refractivity contribution is 6.82. The molecule has 8 rings (SSSR count). The van der Waals surface area contributed by atoms with Gasteiger partial charge in [-0.25, -0.2) is 0 Å². The Hall–Kier alpha value is -3.06. The Balaban J connectivity index is 1.35. The summed E-state index contributed by atoms with van der Waals surface area (Å²) in [7, 11) is -2.00. The van der Waals surface area contributed by atoms with Crippen LogP contribution in [0.15, 0.2) is 54.4 Å². The van der Waals surface area contributed by atoms with Gasteiger partial charge in [-0.15, -0.1) is 0 Å². The molecule has 0 amide bonds. The summed E-state index contributed by atoms with van der Waals surface area (Å²) >= 11 is 0. The number of ether oxygens (including phenoxy) is 1. The fraction of sp³-hybridized carbons (Fsp3) is 0.686. The van der Waals surface area contributed by atoms with Crippen LogP contribution in [0, 0.1) is 44.8 Å². The molecule has 58 heavy (non-hydrogen) atoms. The van der Waals surface area contributed by atoms with Crippen LogP contribution >= 0.6 is 0 Å². The summed E-state index contributed by atoms with van der Waals surface area (Å²) in [5.41, 5.74) is 16.3. The maximum atomic E-state index is 15.1. The van der Waals surface area contributed by atoms with Gasteiger partial charge in [-0.1, -0.05) is 126 Å². The molecule has 1 aromatic carbocycles. The number of nitrogens with two attached hydrogens (primary N) is 1. The van der Waals surface area contributed by atoms with Crippen molar-refractivity contribution in [3.8, 4) is 0 Å². The summed E-state index contributed by atoms with van der Waals surface area (Å²) in [6.07, 6.45) is 14.3. The first-order valence-corrected chi connectivity index (χ1v) is 25.2. The first-order chi connectivity index (χ1) is 27.1. The van der Waals surface area contributed by atoms with E-state index in [2.05, 4.69) is 135 Å². The largest absolute Gasteiger partial charge is 0.460 e. The molecule has 0 bridgehead atoms. The third-order valence-corrected chi connectivity index (χ3v) is 25.6. The van der Waals surface area contributed by atoms with Gasteiger partial charge in [0.05, 0.1) is 5.41 Å². The monoisotopic (exact) mass is 805 g/mol. The van der Waals surface area contributed by atoms with Crippen LogP contribution in [0.5, 0.6) is 0 Å². The topological polar surface area (TPSA) is 85.9 Å². The molecule has 7 heteroatoms. The highest BCUT2D eigenvalue weighted by atomic mass is 28.3. The highest BCUT2D eigenvalue weighted by Crippen LogP contribution is 2.77. The molecule has 0 aliphatic heterocycles. The number of carbonyl (C=O) groups excluding carboxylic acids is 1. The number of allylic oxidation sites excluding steroid dienone is 2. The van der Waals surface area contributed by atoms with Crippen LogP contribution in [0.1, 0.15) is 164 Å². The number of hydrogen-bond acceptors (Lipinski definition) is 4. The zero-order chi connectivity index (χ0) is 42.0. The lowest BCUT2D eigenvalue weighted by molar-refractivity contribution is -0.181. The second-order valence-electron chi connectivity index (χ2n) is 23.2. The van der Waals surface area contributed by atoms with Crippen molar-refractivity contribution >= 4 is 25.6 Å². The van der Waals surface area contributed by atoms with Crippen molar-refractivity contribution in [2.45, 2.75) is 176 Å². The molecule has 3 N–H and O–H groups in total. The second-order valence-corrected chi connectivity index (χ2v) is 28.9. The van der Waals surface area contributed by atoms with Crippen molar-refractivity contribution in [3.05, 3.63) is 76.7 Å². The van der Waals surface area contributed by atoms with E-state index in [0.29, 0.717) is 40.9 Å². The molecular weight excluding hydrogens is 729 g/mol. The summed E-state index contributed by atoms with van der Waals surface area (Å²) in [6, 6.07) is 12.8. The average molecular weight is 805 g/mol. The number of rotatable bonds is 8. The number of fused-ring (bicyclic) bond motifs is 8. The SMILES string of the molecule is CC(C)[Si](C(C)C)(C(C)C)n1ccc(C2=C3[C@@H]4CC(C)(C)CC[C@]4(C(=O)OCc4ccccc4)CC[C@@]3(C)[C@]3(C)CC[C@H]4C(C)(C)c5[nH]nc(N)c5C[C@]4(C)C3C2)c1. The summed E-state index contributed by atoms with van der Waals surface area (Å²) in [5, 5.41) is 8.06. The molecule has 2 heterocycles. The van der Waals surface area contributed by atoms with Gasteiger partial charge in [-0.2, -0.15) is 5.10 Å². The molecule has 0 radical (unpaired) electrons.